The van der Waals surface area contributed by atoms with Crippen molar-refractivity contribution >= 4 is 6.08 Å². The van der Waals surface area contributed by atoms with Gasteiger partial charge in [0, 0.05) is 18.5 Å². The number of rotatable bonds is 3. The number of nitrogens with zero attached hydrogens (tertiary/aromatic N) is 1. The number of hydrogen-bond donors (Lipinski definition) is 1. The van der Waals surface area contributed by atoms with Crippen molar-refractivity contribution in [2.24, 2.45) is 0 Å². The Morgan fingerprint density at radius 3 is 2.61 bits per heavy atom. The summed E-state index contributed by atoms with van der Waals surface area (Å²) in [6.45, 7) is 2.45. The molecule has 0 saturated carbocycles. The molecule has 2 nitrogen and oxygen atoms in total. The van der Waals surface area contributed by atoms with Crippen LogP contribution in [0.2, 0.25) is 0 Å². The van der Waals surface area contributed by atoms with Crippen LogP contribution in [0.3, 0.4) is 0 Å². The molecule has 0 amide bonds. The van der Waals surface area contributed by atoms with E-state index >= 15 is 0 Å². The van der Waals surface area contributed by atoms with Crippen molar-refractivity contribution in [1.82, 2.24) is 4.90 Å². The predicted octanol–water partition coefficient (Wildman–Crippen LogP) is 3.97. The fourth-order valence-electron chi connectivity index (χ4n) is 4.17. The van der Waals surface area contributed by atoms with Crippen LogP contribution in [0, 0.1) is 0 Å². The molecule has 1 saturated heterocycles. The van der Waals surface area contributed by atoms with E-state index in [4.69, 9.17) is 5.11 Å². The smallest absolute Gasteiger partial charge is 0.0615 e. The van der Waals surface area contributed by atoms with Crippen molar-refractivity contribution in [1.29, 1.82) is 0 Å². The van der Waals surface area contributed by atoms with E-state index in [9.17, 15) is 0 Å². The molecule has 2 atom stereocenters. The van der Waals surface area contributed by atoms with E-state index in [1.807, 2.05) is 6.08 Å². The summed E-state index contributed by atoms with van der Waals surface area (Å²) in [6.07, 6.45) is 6.36. The van der Waals surface area contributed by atoms with Gasteiger partial charge in [0.2, 0.25) is 0 Å². The Hall–Kier alpha value is -1.90. The second kappa shape index (κ2) is 6.31. The Balaban J connectivity index is 1.68. The molecule has 0 spiro atoms. The zero-order valence-corrected chi connectivity index (χ0v) is 13.4. The van der Waals surface area contributed by atoms with E-state index in [-0.39, 0.29) is 6.61 Å². The molecule has 2 aromatic carbocycles. The van der Waals surface area contributed by atoms with Crippen molar-refractivity contribution in [3.8, 4) is 0 Å². The highest BCUT2D eigenvalue weighted by Crippen LogP contribution is 2.43. The van der Waals surface area contributed by atoms with E-state index in [1.54, 1.807) is 6.08 Å². The first-order valence-electron chi connectivity index (χ1n) is 8.57. The van der Waals surface area contributed by atoms with Gasteiger partial charge in [-0.05, 0) is 41.6 Å². The molecule has 1 N–H and O–H groups in total. The summed E-state index contributed by atoms with van der Waals surface area (Å²) >= 11 is 0. The van der Waals surface area contributed by atoms with Crippen LogP contribution in [0.25, 0.3) is 6.08 Å². The first-order valence-corrected chi connectivity index (χ1v) is 8.57. The van der Waals surface area contributed by atoms with Gasteiger partial charge in [0.1, 0.15) is 0 Å². The van der Waals surface area contributed by atoms with Crippen molar-refractivity contribution < 1.29 is 5.11 Å². The van der Waals surface area contributed by atoms with E-state index in [2.05, 4.69) is 53.4 Å². The quantitative estimate of drug-likeness (QED) is 0.927. The van der Waals surface area contributed by atoms with Gasteiger partial charge in [-0.15, -0.1) is 0 Å². The number of aliphatic hydroxyl groups excluding tert-OH is 1. The molecule has 2 heteroatoms. The molecule has 2 heterocycles. The SMILES string of the molecule is OCC=Cc1ccc([C@@H]2CN3CCC[C@@H]3c3ccccc32)cc1. The lowest BCUT2D eigenvalue weighted by Gasteiger charge is -2.37. The minimum Gasteiger partial charge on any atom is -0.392 e. The molecule has 2 aliphatic heterocycles. The molecule has 0 unspecified atom stereocenters. The van der Waals surface area contributed by atoms with Crippen molar-refractivity contribution in [3.63, 3.8) is 0 Å². The average molecular weight is 305 g/mol. The van der Waals surface area contributed by atoms with Crippen molar-refractivity contribution in [3.05, 3.63) is 76.9 Å². The molecule has 0 aliphatic carbocycles. The van der Waals surface area contributed by atoms with Crippen LogP contribution < -0.4 is 0 Å². The summed E-state index contributed by atoms with van der Waals surface area (Å²) < 4.78 is 0. The maximum absolute atomic E-state index is 8.89. The summed E-state index contributed by atoms with van der Waals surface area (Å²) in [5.74, 6) is 0.469. The van der Waals surface area contributed by atoms with Crippen LogP contribution in [0.5, 0.6) is 0 Å². The molecule has 23 heavy (non-hydrogen) atoms. The molecule has 118 valence electrons. The third kappa shape index (κ3) is 2.73. The highest BCUT2D eigenvalue weighted by atomic mass is 16.2. The summed E-state index contributed by atoms with van der Waals surface area (Å²) in [5.41, 5.74) is 5.58. The van der Waals surface area contributed by atoms with E-state index in [1.165, 1.54) is 36.1 Å². The highest BCUT2D eigenvalue weighted by molar-refractivity contribution is 5.51. The van der Waals surface area contributed by atoms with Crippen molar-refractivity contribution in [2.75, 3.05) is 19.7 Å². The van der Waals surface area contributed by atoms with E-state index in [0.717, 1.165) is 12.1 Å². The number of benzene rings is 2. The van der Waals surface area contributed by atoms with Crippen molar-refractivity contribution in [2.45, 2.75) is 24.8 Å². The average Bonchev–Trinajstić information content (AvgIpc) is 3.08. The normalized spacial score (nSPS) is 23.9. The second-order valence-corrected chi connectivity index (χ2v) is 6.59. The zero-order chi connectivity index (χ0) is 15.6. The summed E-state index contributed by atoms with van der Waals surface area (Å²) in [6, 6.07) is 18.4. The molecule has 0 aromatic heterocycles. The number of fused-ring (bicyclic) bond motifs is 3. The van der Waals surface area contributed by atoms with Gasteiger partial charge >= 0.3 is 0 Å². The molecular formula is C21H23NO. The van der Waals surface area contributed by atoms with Gasteiger partial charge < -0.3 is 5.11 Å². The Bertz CT molecular complexity index is 704. The molecule has 1 fully saturated rings. The second-order valence-electron chi connectivity index (χ2n) is 6.59. The van der Waals surface area contributed by atoms with E-state index in [0.29, 0.717) is 12.0 Å². The van der Waals surface area contributed by atoms with Crippen LogP contribution in [-0.2, 0) is 0 Å². The summed E-state index contributed by atoms with van der Waals surface area (Å²) in [7, 11) is 0. The zero-order valence-electron chi connectivity index (χ0n) is 13.4. The lowest BCUT2D eigenvalue weighted by molar-refractivity contribution is 0.230. The molecular weight excluding hydrogens is 282 g/mol. The minimum atomic E-state index is 0.0914. The maximum atomic E-state index is 8.89. The lowest BCUT2D eigenvalue weighted by atomic mass is 9.81. The monoisotopic (exact) mass is 305 g/mol. The third-order valence-electron chi connectivity index (χ3n) is 5.27. The first kappa shape index (κ1) is 14.7. The Labute approximate surface area is 138 Å². The van der Waals surface area contributed by atoms with Gasteiger partial charge in [-0.2, -0.15) is 0 Å². The van der Waals surface area contributed by atoms with Crippen LogP contribution in [0.15, 0.2) is 54.6 Å². The Morgan fingerprint density at radius 1 is 1.04 bits per heavy atom. The Kier molecular flexibility index (Phi) is 4.02. The molecule has 0 bridgehead atoms. The first-order chi connectivity index (χ1) is 11.4. The molecule has 2 aliphatic rings. The summed E-state index contributed by atoms with van der Waals surface area (Å²) in [5, 5.41) is 8.89. The third-order valence-corrected chi connectivity index (χ3v) is 5.27. The fraction of sp³-hybridized carbons (Fsp3) is 0.333. The molecule has 2 aromatic rings. The van der Waals surface area contributed by atoms with Gasteiger partial charge in [-0.1, -0.05) is 60.7 Å². The minimum absolute atomic E-state index is 0.0914. The van der Waals surface area contributed by atoms with Gasteiger partial charge in [0.15, 0.2) is 0 Å². The number of aliphatic hydroxyl groups is 1. The van der Waals surface area contributed by atoms with Crippen LogP contribution in [0.1, 0.15) is 47.1 Å². The van der Waals surface area contributed by atoms with Gasteiger partial charge in [0.25, 0.3) is 0 Å². The van der Waals surface area contributed by atoms with Crippen LogP contribution >= 0.6 is 0 Å². The van der Waals surface area contributed by atoms with Crippen LogP contribution in [0.4, 0.5) is 0 Å². The number of hydrogen-bond acceptors (Lipinski definition) is 2. The predicted molar refractivity (Wildman–Crippen MR) is 94.4 cm³/mol. The summed E-state index contributed by atoms with van der Waals surface area (Å²) in [4.78, 5) is 2.66. The Morgan fingerprint density at radius 2 is 1.83 bits per heavy atom. The lowest BCUT2D eigenvalue weighted by Crippen LogP contribution is -2.34. The van der Waals surface area contributed by atoms with Gasteiger partial charge in [-0.25, -0.2) is 0 Å². The largest absolute Gasteiger partial charge is 0.392 e. The van der Waals surface area contributed by atoms with Gasteiger partial charge in [0.05, 0.1) is 6.61 Å². The van der Waals surface area contributed by atoms with Gasteiger partial charge in [-0.3, -0.25) is 4.90 Å². The fourth-order valence-corrected chi connectivity index (χ4v) is 4.17. The van der Waals surface area contributed by atoms with Crippen LogP contribution in [-0.4, -0.2) is 29.7 Å². The maximum Gasteiger partial charge on any atom is 0.0615 e. The molecule has 0 radical (unpaired) electrons. The highest BCUT2D eigenvalue weighted by Gasteiger charge is 2.35. The standard InChI is InChI=1S/C21H23NO/c23-14-4-5-16-9-11-17(12-10-16)20-15-22-13-3-8-21(22)19-7-2-1-6-18(19)20/h1-2,4-7,9-12,20-21,23H,3,8,13-15H2/t20-,21+/m0/s1. The molecule has 4 rings (SSSR count). The topological polar surface area (TPSA) is 23.5 Å². The van der Waals surface area contributed by atoms with E-state index < -0.39 is 0 Å².